The number of carbonyl (C=O) groups excluding carboxylic acids is 1. The first-order chi connectivity index (χ1) is 12.7. The van der Waals surface area contributed by atoms with Crippen LogP contribution in [0.3, 0.4) is 0 Å². The highest BCUT2D eigenvalue weighted by Gasteiger charge is 2.17. The van der Waals surface area contributed by atoms with E-state index in [1.807, 2.05) is 30.3 Å². The summed E-state index contributed by atoms with van der Waals surface area (Å²) in [5.74, 6) is 1.87. The molecule has 0 aromatic heterocycles. The van der Waals surface area contributed by atoms with Crippen LogP contribution in [0, 0.1) is 0 Å². The van der Waals surface area contributed by atoms with Gasteiger partial charge in [-0.05, 0) is 47.7 Å². The van der Waals surface area contributed by atoms with E-state index in [9.17, 15) is 4.79 Å². The average Bonchev–Trinajstić information content (AvgIpc) is 2.65. The number of hydrogen-bond acceptors (Lipinski definition) is 4. The maximum Gasteiger partial charge on any atom is 0.261 e. The SMILES string of the molecule is COc1cc(CNC(=O)C(C)Oc2cccc(C(C)(C)C)c2)cc(OC)c1. The van der Waals surface area contributed by atoms with Crippen molar-refractivity contribution in [3.63, 3.8) is 0 Å². The van der Waals surface area contributed by atoms with Crippen LogP contribution >= 0.6 is 0 Å². The molecule has 0 saturated carbocycles. The highest BCUT2D eigenvalue weighted by Crippen LogP contribution is 2.26. The molecular weight excluding hydrogens is 342 g/mol. The summed E-state index contributed by atoms with van der Waals surface area (Å²) in [4.78, 5) is 12.4. The van der Waals surface area contributed by atoms with Gasteiger partial charge in [-0.15, -0.1) is 0 Å². The quantitative estimate of drug-likeness (QED) is 0.797. The van der Waals surface area contributed by atoms with Crippen LogP contribution in [0.4, 0.5) is 0 Å². The number of amides is 1. The predicted octanol–water partition coefficient (Wildman–Crippen LogP) is 4.09. The van der Waals surface area contributed by atoms with Crippen LogP contribution in [-0.2, 0) is 16.8 Å². The Morgan fingerprint density at radius 1 is 1.00 bits per heavy atom. The first kappa shape index (κ1) is 20.6. The Balaban J connectivity index is 1.98. The van der Waals surface area contributed by atoms with Crippen molar-refractivity contribution < 1.29 is 19.0 Å². The molecule has 1 amide bonds. The molecule has 0 saturated heterocycles. The number of hydrogen-bond donors (Lipinski definition) is 1. The maximum absolute atomic E-state index is 12.4. The molecule has 2 rings (SSSR count). The largest absolute Gasteiger partial charge is 0.497 e. The Kier molecular flexibility index (Phi) is 6.72. The molecule has 0 radical (unpaired) electrons. The van der Waals surface area contributed by atoms with Crippen molar-refractivity contribution in [3.05, 3.63) is 53.6 Å². The lowest BCUT2D eigenvalue weighted by Crippen LogP contribution is -2.36. The summed E-state index contributed by atoms with van der Waals surface area (Å²) in [6, 6.07) is 13.4. The third kappa shape index (κ3) is 5.91. The molecule has 27 heavy (non-hydrogen) atoms. The second-order valence-electron chi connectivity index (χ2n) is 7.48. The van der Waals surface area contributed by atoms with Crippen molar-refractivity contribution in [1.82, 2.24) is 5.32 Å². The molecule has 1 N–H and O–H groups in total. The summed E-state index contributed by atoms with van der Waals surface area (Å²) in [5.41, 5.74) is 2.08. The molecule has 5 nitrogen and oxygen atoms in total. The van der Waals surface area contributed by atoms with Gasteiger partial charge >= 0.3 is 0 Å². The third-order valence-corrected chi connectivity index (χ3v) is 4.26. The Hall–Kier alpha value is -2.69. The van der Waals surface area contributed by atoms with E-state index >= 15 is 0 Å². The smallest absolute Gasteiger partial charge is 0.261 e. The fourth-order valence-corrected chi connectivity index (χ4v) is 2.59. The van der Waals surface area contributed by atoms with E-state index in [2.05, 4.69) is 32.2 Å². The molecule has 1 unspecified atom stereocenters. The minimum absolute atomic E-state index is 0.0241. The van der Waals surface area contributed by atoms with Crippen molar-refractivity contribution in [3.8, 4) is 17.2 Å². The van der Waals surface area contributed by atoms with Gasteiger partial charge in [0, 0.05) is 12.6 Å². The zero-order valence-corrected chi connectivity index (χ0v) is 17.0. The van der Waals surface area contributed by atoms with Gasteiger partial charge in [0.25, 0.3) is 5.91 Å². The Morgan fingerprint density at radius 2 is 1.63 bits per heavy atom. The van der Waals surface area contributed by atoms with Gasteiger partial charge in [-0.25, -0.2) is 0 Å². The molecule has 2 aromatic carbocycles. The number of benzene rings is 2. The van der Waals surface area contributed by atoms with Crippen LogP contribution in [0.25, 0.3) is 0 Å². The highest BCUT2D eigenvalue weighted by molar-refractivity contribution is 5.80. The summed E-state index contributed by atoms with van der Waals surface area (Å²) in [7, 11) is 3.19. The van der Waals surface area contributed by atoms with Crippen molar-refractivity contribution in [2.75, 3.05) is 14.2 Å². The molecule has 146 valence electrons. The lowest BCUT2D eigenvalue weighted by atomic mass is 9.87. The molecule has 0 fully saturated rings. The summed E-state index contributed by atoms with van der Waals surface area (Å²) < 4.78 is 16.3. The number of ether oxygens (including phenoxy) is 3. The summed E-state index contributed by atoms with van der Waals surface area (Å²) in [6.07, 6.45) is -0.604. The van der Waals surface area contributed by atoms with Crippen molar-refractivity contribution >= 4 is 5.91 Å². The standard InChI is InChI=1S/C22H29NO4/c1-15(27-18-9-7-8-17(12-18)22(2,3)4)21(24)23-14-16-10-19(25-5)13-20(11-16)26-6/h7-13,15H,14H2,1-6H3,(H,23,24). The Labute approximate surface area is 161 Å². The Bertz CT molecular complexity index is 758. The van der Waals surface area contributed by atoms with Crippen molar-refractivity contribution in [1.29, 1.82) is 0 Å². The molecule has 5 heteroatoms. The van der Waals surface area contributed by atoms with Crippen LogP contribution in [0.15, 0.2) is 42.5 Å². The molecule has 2 aromatic rings. The van der Waals surface area contributed by atoms with Crippen LogP contribution in [0.5, 0.6) is 17.2 Å². The minimum Gasteiger partial charge on any atom is -0.497 e. The predicted molar refractivity (Wildman–Crippen MR) is 107 cm³/mol. The molecule has 0 spiro atoms. The van der Waals surface area contributed by atoms with E-state index in [0.29, 0.717) is 23.8 Å². The molecule has 0 bridgehead atoms. The lowest BCUT2D eigenvalue weighted by molar-refractivity contribution is -0.127. The number of carbonyl (C=O) groups is 1. The molecule has 0 aliphatic carbocycles. The molecule has 0 aliphatic heterocycles. The van der Waals surface area contributed by atoms with Gasteiger partial charge in [-0.3, -0.25) is 4.79 Å². The zero-order chi connectivity index (χ0) is 20.0. The fourth-order valence-electron chi connectivity index (χ4n) is 2.59. The molecular formula is C22H29NO4. The number of rotatable bonds is 7. The summed E-state index contributed by atoms with van der Waals surface area (Å²) in [6.45, 7) is 8.54. The van der Waals surface area contributed by atoms with E-state index in [0.717, 1.165) is 11.1 Å². The molecule has 1 atom stereocenters. The topological polar surface area (TPSA) is 56.8 Å². The van der Waals surface area contributed by atoms with Gasteiger partial charge in [0.2, 0.25) is 0 Å². The first-order valence-electron chi connectivity index (χ1n) is 9.00. The van der Waals surface area contributed by atoms with Crippen LogP contribution in [0.1, 0.15) is 38.8 Å². The van der Waals surface area contributed by atoms with Crippen LogP contribution < -0.4 is 19.5 Å². The average molecular weight is 371 g/mol. The fraction of sp³-hybridized carbons (Fsp3) is 0.409. The van der Waals surface area contributed by atoms with E-state index < -0.39 is 6.10 Å². The van der Waals surface area contributed by atoms with Gasteiger partial charge in [0.1, 0.15) is 17.2 Å². The molecule has 0 aliphatic rings. The summed E-state index contributed by atoms with van der Waals surface area (Å²) >= 11 is 0. The Morgan fingerprint density at radius 3 is 2.19 bits per heavy atom. The number of methoxy groups -OCH3 is 2. The maximum atomic E-state index is 12.4. The van der Waals surface area contributed by atoms with Gasteiger partial charge in [0.15, 0.2) is 6.10 Å². The monoisotopic (exact) mass is 371 g/mol. The van der Waals surface area contributed by atoms with Gasteiger partial charge in [0.05, 0.1) is 14.2 Å². The lowest BCUT2D eigenvalue weighted by Gasteiger charge is -2.21. The van der Waals surface area contributed by atoms with Gasteiger partial charge in [-0.1, -0.05) is 32.9 Å². The van der Waals surface area contributed by atoms with Crippen LogP contribution in [0.2, 0.25) is 0 Å². The normalized spacial score (nSPS) is 12.2. The summed E-state index contributed by atoms with van der Waals surface area (Å²) in [5, 5.41) is 2.89. The van der Waals surface area contributed by atoms with E-state index in [1.165, 1.54) is 0 Å². The first-order valence-corrected chi connectivity index (χ1v) is 9.00. The van der Waals surface area contributed by atoms with Crippen molar-refractivity contribution in [2.45, 2.75) is 45.8 Å². The van der Waals surface area contributed by atoms with E-state index in [4.69, 9.17) is 14.2 Å². The van der Waals surface area contributed by atoms with Gasteiger partial charge in [-0.2, -0.15) is 0 Å². The molecule has 0 heterocycles. The second-order valence-corrected chi connectivity index (χ2v) is 7.48. The van der Waals surface area contributed by atoms with E-state index in [-0.39, 0.29) is 11.3 Å². The third-order valence-electron chi connectivity index (χ3n) is 4.26. The number of nitrogens with one attached hydrogen (secondary N) is 1. The van der Waals surface area contributed by atoms with Gasteiger partial charge < -0.3 is 19.5 Å². The van der Waals surface area contributed by atoms with Crippen molar-refractivity contribution in [2.24, 2.45) is 0 Å². The zero-order valence-electron chi connectivity index (χ0n) is 17.0. The second kappa shape index (κ2) is 8.80. The van der Waals surface area contributed by atoms with Crippen LogP contribution in [-0.4, -0.2) is 26.2 Å². The van der Waals surface area contributed by atoms with E-state index in [1.54, 1.807) is 27.2 Å². The highest BCUT2D eigenvalue weighted by atomic mass is 16.5. The minimum atomic E-state index is -0.604.